The summed E-state index contributed by atoms with van der Waals surface area (Å²) in [5, 5.41) is 35.0. The maximum atomic E-state index is 13.2. The van der Waals surface area contributed by atoms with Gasteiger partial charge in [0.1, 0.15) is 23.5 Å². The fourth-order valence-corrected chi connectivity index (χ4v) is 6.20. The summed E-state index contributed by atoms with van der Waals surface area (Å²) in [5.41, 5.74) is -1.57. The summed E-state index contributed by atoms with van der Waals surface area (Å²) in [6.45, 7) is 0. The fraction of sp³-hybridized carbons (Fsp3) is 0.400. The molecule has 4 bridgehead atoms. The number of aliphatic hydroxyl groups excluding tert-OH is 1. The number of nitrogens with one attached hydrogen (secondary N) is 1. The zero-order chi connectivity index (χ0) is 22.1. The number of benzene rings is 1. The van der Waals surface area contributed by atoms with Crippen molar-refractivity contribution in [2.75, 3.05) is 14.2 Å². The van der Waals surface area contributed by atoms with E-state index in [4.69, 9.17) is 14.3 Å². The number of hydrogen-bond donors (Lipinski definition) is 4. The van der Waals surface area contributed by atoms with Crippen LogP contribution in [0.3, 0.4) is 0 Å². The van der Waals surface area contributed by atoms with Crippen LogP contribution in [0.4, 0.5) is 0 Å². The topological polar surface area (TPSA) is 138 Å². The number of amides is 2. The van der Waals surface area contributed by atoms with Crippen LogP contribution >= 0.6 is 11.8 Å². The molecule has 0 aromatic heterocycles. The molecule has 164 valence electrons. The molecule has 1 aromatic carbocycles. The molecule has 5 unspecified atom stereocenters. The van der Waals surface area contributed by atoms with Crippen molar-refractivity contribution in [3.8, 4) is 17.2 Å². The van der Waals surface area contributed by atoms with Crippen LogP contribution in [-0.4, -0.2) is 74.3 Å². The van der Waals surface area contributed by atoms with E-state index >= 15 is 0 Å². The molecule has 4 N–H and O–H groups in total. The second-order valence-electron chi connectivity index (χ2n) is 7.74. The van der Waals surface area contributed by atoms with E-state index in [1.807, 2.05) is 0 Å². The zero-order valence-electron chi connectivity index (χ0n) is 16.6. The van der Waals surface area contributed by atoms with Gasteiger partial charge in [0.25, 0.3) is 11.8 Å². The van der Waals surface area contributed by atoms with E-state index in [1.165, 1.54) is 44.2 Å². The highest BCUT2D eigenvalue weighted by molar-refractivity contribution is 8.02. The van der Waals surface area contributed by atoms with Gasteiger partial charge in [-0.2, -0.15) is 5.06 Å². The largest absolute Gasteiger partial charge is 0.504 e. The average molecular weight is 448 g/mol. The van der Waals surface area contributed by atoms with Crippen LogP contribution in [0.5, 0.6) is 17.2 Å². The third-order valence-electron chi connectivity index (χ3n) is 6.06. The zero-order valence-corrected chi connectivity index (χ0v) is 17.4. The lowest BCUT2D eigenvalue weighted by molar-refractivity contribution is -0.315. The first-order valence-electron chi connectivity index (χ1n) is 9.50. The number of methoxy groups -OCH3 is 2. The van der Waals surface area contributed by atoms with Crippen molar-refractivity contribution in [2.24, 2.45) is 0 Å². The molecule has 1 spiro atoms. The van der Waals surface area contributed by atoms with Crippen molar-refractivity contribution in [3.05, 3.63) is 35.5 Å². The first-order chi connectivity index (χ1) is 14.7. The molecule has 1 aliphatic carbocycles. The Labute approximate surface area is 181 Å². The molecule has 6 rings (SSSR count). The van der Waals surface area contributed by atoms with Crippen molar-refractivity contribution in [3.63, 3.8) is 0 Å². The number of phenols is 1. The maximum absolute atomic E-state index is 13.2. The molecular formula is C20H20N2O8S. The Morgan fingerprint density at radius 1 is 1.29 bits per heavy atom. The summed E-state index contributed by atoms with van der Waals surface area (Å²) in [6, 6.07) is 3.07. The Balaban J connectivity index is 1.53. The van der Waals surface area contributed by atoms with Crippen molar-refractivity contribution >= 4 is 29.7 Å². The maximum Gasteiger partial charge on any atom is 0.295 e. The van der Waals surface area contributed by atoms with Gasteiger partial charge in [-0.05, 0) is 18.2 Å². The van der Waals surface area contributed by atoms with Gasteiger partial charge < -0.3 is 30.1 Å². The molecule has 4 aliphatic heterocycles. The van der Waals surface area contributed by atoms with E-state index in [9.17, 15) is 24.9 Å². The minimum Gasteiger partial charge on any atom is -0.504 e. The lowest BCUT2D eigenvalue weighted by Crippen LogP contribution is -2.80. The van der Waals surface area contributed by atoms with Gasteiger partial charge in [0, 0.05) is 12.0 Å². The van der Waals surface area contributed by atoms with E-state index in [2.05, 4.69) is 5.32 Å². The molecule has 2 amide bonds. The molecule has 5 atom stereocenters. The first kappa shape index (κ1) is 20.2. The highest BCUT2D eigenvalue weighted by Gasteiger charge is 2.71. The normalized spacial score (nSPS) is 37.0. The van der Waals surface area contributed by atoms with E-state index in [0.717, 1.165) is 5.06 Å². The number of phenolic OH excluding ortho intramolecular Hbond substituents is 1. The summed E-state index contributed by atoms with van der Waals surface area (Å²) >= 11 is 1.20. The van der Waals surface area contributed by atoms with Gasteiger partial charge >= 0.3 is 0 Å². The third-order valence-corrected chi connectivity index (χ3v) is 7.62. The second kappa shape index (κ2) is 6.63. The Morgan fingerprint density at radius 3 is 2.77 bits per heavy atom. The molecule has 0 radical (unpaired) electrons. The van der Waals surface area contributed by atoms with Crippen LogP contribution in [-0.2, 0) is 14.4 Å². The highest BCUT2D eigenvalue weighted by atomic mass is 32.2. The second-order valence-corrected chi connectivity index (χ2v) is 9.20. The number of ether oxygens (including phenoxy) is 2. The van der Waals surface area contributed by atoms with Crippen molar-refractivity contribution < 1.29 is 39.2 Å². The van der Waals surface area contributed by atoms with Gasteiger partial charge in [0.15, 0.2) is 16.4 Å². The molecule has 1 aromatic rings. The van der Waals surface area contributed by atoms with E-state index in [0.29, 0.717) is 5.75 Å². The fourth-order valence-electron chi connectivity index (χ4n) is 4.48. The minimum atomic E-state index is -1.68. The molecule has 10 nitrogen and oxygen atoms in total. The number of carbonyl (C=O) groups excluding carboxylic acids is 2. The molecule has 4 heterocycles. The standard InChI is InChI=1S/C20H20N2O8S/c1-28-11-4-3-9(14(24)15(11)29-2)7-10-17(25)22-20(18(26)21-10)8-19(27)13(23)6-5-12(31-20)16(19)30-22/h3-7,12-13,16,23-24,27H,8H2,1-2H3,(H,21,26). The predicted molar refractivity (Wildman–Crippen MR) is 108 cm³/mol. The smallest absolute Gasteiger partial charge is 0.295 e. The van der Waals surface area contributed by atoms with Crippen LogP contribution in [0, 0.1) is 0 Å². The molecule has 11 heteroatoms. The lowest BCUT2D eigenvalue weighted by Gasteiger charge is -2.62. The van der Waals surface area contributed by atoms with E-state index < -0.39 is 39.7 Å². The lowest BCUT2D eigenvalue weighted by atomic mass is 9.76. The monoisotopic (exact) mass is 448 g/mol. The molecule has 31 heavy (non-hydrogen) atoms. The summed E-state index contributed by atoms with van der Waals surface area (Å²) in [4.78, 5) is 30.6. The van der Waals surface area contributed by atoms with Crippen LogP contribution in [0.2, 0.25) is 0 Å². The summed E-state index contributed by atoms with van der Waals surface area (Å²) in [5.74, 6) is -1.07. The first-order valence-corrected chi connectivity index (χ1v) is 10.4. The number of hydrogen-bond acceptors (Lipinski definition) is 9. The molecule has 4 saturated heterocycles. The Bertz CT molecular complexity index is 1060. The van der Waals surface area contributed by atoms with Crippen molar-refractivity contribution in [2.45, 2.75) is 34.4 Å². The van der Waals surface area contributed by atoms with Gasteiger partial charge in [-0.15, -0.1) is 11.8 Å². The van der Waals surface area contributed by atoms with Crippen molar-refractivity contribution in [1.29, 1.82) is 0 Å². The van der Waals surface area contributed by atoms with Gasteiger partial charge in [0.05, 0.1) is 19.5 Å². The number of carbonyl (C=O) groups is 2. The van der Waals surface area contributed by atoms with Gasteiger partial charge in [0.2, 0.25) is 5.75 Å². The highest BCUT2D eigenvalue weighted by Crippen LogP contribution is 2.58. The third kappa shape index (κ3) is 2.57. The quantitative estimate of drug-likeness (QED) is 0.368. The van der Waals surface area contributed by atoms with Gasteiger partial charge in [-0.1, -0.05) is 12.2 Å². The number of piperazine rings is 1. The van der Waals surface area contributed by atoms with Crippen LogP contribution in [0.25, 0.3) is 6.08 Å². The van der Waals surface area contributed by atoms with Gasteiger partial charge in [-0.25, -0.2) is 0 Å². The molecule has 4 fully saturated rings. The molecule has 0 saturated carbocycles. The summed E-state index contributed by atoms with van der Waals surface area (Å²) in [7, 11) is 2.79. The van der Waals surface area contributed by atoms with Crippen LogP contribution in [0.15, 0.2) is 30.0 Å². The predicted octanol–water partition coefficient (Wildman–Crippen LogP) is -0.114. The number of hydroxylamine groups is 2. The van der Waals surface area contributed by atoms with Gasteiger partial charge in [-0.3, -0.25) is 14.4 Å². The number of thioether (sulfide) groups is 1. The van der Waals surface area contributed by atoms with E-state index in [-0.39, 0.29) is 29.2 Å². The number of rotatable bonds is 3. The number of aromatic hydroxyl groups is 1. The Kier molecular flexibility index (Phi) is 4.32. The van der Waals surface area contributed by atoms with E-state index in [1.54, 1.807) is 12.1 Å². The van der Waals surface area contributed by atoms with Crippen LogP contribution < -0.4 is 14.8 Å². The number of nitrogens with zero attached hydrogens (tertiary/aromatic N) is 1. The Hall–Kier alpha value is -2.73. The van der Waals surface area contributed by atoms with Crippen LogP contribution in [0.1, 0.15) is 12.0 Å². The summed E-state index contributed by atoms with van der Waals surface area (Å²) < 4.78 is 10.3. The minimum absolute atomic E-state index is 0.0857. The molecular weight excluding hydrogens is 428 g/mol. The molecule has 5 aliphatic rings. The average Bonchev–Trinajstić information content (AvgIpc) is 2.75. The SMILES string of the molecule is COc1ccc(C=C2NC(=O)C34CC5(O)C(O)C=CC(S3)C5ON4C2=O)c(O)c1OC. The number of aliphatic hydroxyl groups is 2. The Morgan fingerprint density at radius 2 is 2.06 bits per heavy atom. The van der Waals surface area contributed by atoms with Crippen molar-refractivity contribution in [1.82, 2.24) is 10.4 Å². The summed E-state index contributed by atoms with van der Waals surface area (Å²) in [6.07, 6.45) is 2.20.